The van der Waals surface area contributed by atoms with Gasteiger partial charge in [-0.05, 0) is 36.4 Å². The zero-order chi connectivity index (χ0) is 19.2. The molecule has 0 spiro atoms. The first-order valence-corrected chi connectivity index (χ1v) is 9.40. The number of nitrogens with zero attached hydrogens (tertiary/aromatic N) is 1. The molecule has 1 amide bonds. The summed E-state index contributed by atoms with van der Waals surface area (Å²) in [5, 5.41) is 0. The van der Waals surface area contributed by atoms with Crippen molar-refractivity contribution in [1.29, 1.82) is 0 Å². The molecule has 0 radical (unpaired) electrons. The standard InChI is InChI=1S/C18H18FNO5S/c1-20(15-5-3-2-4-6-15)17(21)13-25-18(22)11-12-26(23,24)16-9-7-14(19)8-10-16/h2-10H,11-13H2,1H3. The van der Waals surface area contributed by atoms with E-state index in [0.717, 1.165) is 24.3 Å². The van der Waals surface area contributed by atoms with E-state index in [-0.39, 0.29) is 4.90 Å². The van der Waals surface area contributed by atoms with Crippen molar-refractivity contribution in [2.45, 2.75) is 11.3 Å². The lowest BCUT2D eigenvalue weighted by Gasteiger charge is -2.17. The van der Waals surface area contributed by atoms with E-state index >= 15 is 0 Å². The van der Waals surface area contributed by atoms with Crippen molar-refractivity contribution in [3.05, 3.63) is 60.4 Å². The van der Waals surface area contributed by atoms with Crippen LogP contribution in [0.2, 0.25) is 0 Å². The molecule has 0 saturated carbocycles. The van der Waals surface area contributed by atoms with E-state index in [1.807, 2.05) is 6.07 Å². The predicted molar refractivity (Wildman–Crippen MR) is 93.9 cm³/mol. The Bertz CT molecular complexity index is 866. The summed E-state index contributed by atoms with van der Waals surface area (Å²) < 4.78 is 41.8. The van der Waals surface area contributed by atoms with Gasteiger partial charge in [0.25, 0.3) is 5.91 Å². The van der Waals surface area contributed by atoms with Crippen LogP contribution in [0.25, 0.3) is 0 Å². The molecule has 8 heteroatoms. The molecule has 2 aromatic rings. The normalized spacial score (nSPS) is 11.0. The number of para-hydroxylation sites is 1. The Labute approximate surface area is 151 Å². The first kappa shape index (κ1) is 19.6. The van der Waals surface area contributed by atoms with Crippen LogP contribution in [0.1, 0.15) is 6.42 Å². The summed E-state index contributed by atoms with van der Waals surface area (Å²) in [7, 11) is -2.19. The van der Waals surface area contributed by atoms with Crippen LogP contribution in [-0.4, -0.2) is 39.7 Å². The van der Waals surface area contributed by atoms with Crippen LogP contribution in [0.4, 0.5) is 10.1 Å². The van der Waals surface area contributed by atoms with Gasteiger partial charge in [0, 0.05) is 12.7 Å². The van der Waals surface area contributed by atoms with Gasteiger partial charge in [0.15, 0.2) is 16.4 Å². The molecule has 0 aliphatic carbocycles. The Hall–Kier alpha value is -2.74. The number of ether oxygens (including phenoxy) is 1. The number of amides is 1. The van der Waals surface area contributed by atoms with E-state index in [0.29, 0.717) is 5.69 Å². The van der Waals surface area contributed by atoms with E-state index in [4.69, 9.17) is 4.74 Å². The van der Waals surface area contributed by atoms with Gasteiger partial charge in [-0.25, -0.2) is 12.8 Å². The molecular formula is C18H18FNO5S. The lowest BCUT2D eigenvalue weighted by Crippen LogP contribution is -2.31. The van der Waals surface area contributed by atoms with Crippen LogP contribution < -0.4 is 4.90 Å². The third-order valence-corrected chi connectivity index (χ3v) is 5.35. The second-order valence-corrected chi connectivity index (χ2v) is 7.58. The summed E-state index contributed by atoms with van der Waals surface area (Å²) in [5.41, 5.74) is 0.646. The minimum Gasteiger partial charge on any atom is -0.456 e. The maximum atomic E-state index is 12.8. The molecule has 0 bridgehead atoms. The third-order valence-electron chi connectivity index (χ3n) is 3.62. The quantitative estimate of drug-likeness (QED) is 0.544. The minimum absolute atomic E-state index is 0.0772. The summed E-state index contributed by atoms with van der Waals surface area (Å²) >= 11 is 0. The van der Waals surface area contributed by atoms with Gasteiger partial charge in [-0.3, -0.25) is 9.59 Å². The Morgan fingerprint density at radius 2 is 1.65 bits per heavy atom. The molecule has 0 fully saturated rings. The molecular weight excluding hydrogens is 361 g/mol. The SMILES string of the molecule is CN(C(=O)COC(=O)CCS(=O)(=O)c1ccc(F)cc1)c1ccccc1. The number of sulfone groups is 1. The fraction of sp³-hybridized carbons (Fsp3) is 0.222. The fourth-order valence-electron chi connectivity index (χ4n) is 2.08. The highest BCUT2D eigenvalue weighted by Gasteiger charge is 2.18. The van der Waals surface area contributed by atoms with Crippen molar-refractivity contribution >= 4 is 27.4 Å². The van der Waals surface area contributed by atoms with Crippen LogP contribution in [-0.2, 0) is 24.2 Å². The van der Waals surface area contributed by atoms with Gasteiger partial charge in [0.2, 0.25) is 0 Å². The molecule has 0 aromatic heterocycles. The van der Waals surface area contributed by atoms with E-state index < -0.39 is 46.3 Å². The van der Waals surface area contributed by atoms with Gasteiger partial charge in [0.1, 0.15) is 5.82 Å². The third kappa shape index (κ3) is 5.38. The van der Waals surface area contributed by atoms with E-state index in [2.05, 4.69) is 0 Å². The largest absolute Gasteiger partial charge is 0.456 e. The molecule has 0 heterocycles. The summed E-state index contributed by atoms with van der Waals surface area (Å²) in [6.45, 7) is -0.485. The summed E-state index contributed by atoms with van der Waals surface area (Å²) in [6, 6.07) is 13.1. The Morgan fingerprint density at radius 1 is 1.04 bits per heavy atom. The maximum Gasteiger partial charge on any atom is 0.307 e. The second kappa shape index (κ2) is 8.57. The second-order valence-electron chi connectivity index (χ2n) is 5.47. The lowest BCUT2D eigenvalue weighted by atomic mass is 10.3. The molecule has 2 rings (SSSR count). The lowest BCUT2D eigenvalue weighted by molar-refractivity contribution is -0.147. The molecule has 0 atom stereocenters. The molecule has 0 saturated heterocycles. The molecule has 0 aliphatic rings. The number of carbonyl (C=O) groups is 2. The van der Waals surface area contributed by atoms with Crippen molar-refractivity contribution in [1.82, 2.24) is 0 Å². The highest BCUT2D eigenvalue weighted by molar-refractivity contribution is 7.91. The van der Waals surface area contributed by atoms with Gasteiger partial charge >= 0.3 is 5.97 Å². The predicted octanol–water partition coefficient (Wildman–Crippen LogP) is 2.20. The minimum atomic E-state index is -3.73. The molecule has 138 valence electrons. The van der Waals surface area contributed by atoms with Crippen molar-refractivity contribution in [2.24, 2.45) is 0 Å². The van der Waals surface area contributed by atoms with Gasteiger partial charge in [-0.1, -0.05) is 18.2 Å². The number of likely N-dealkylation sites (N-methyl/N-ethyl adjacent to an activating group) is 1. The Balaban J connectivity index is 1.83. The summed E-state index contributed by atoms with van der Waals surface area (Å²) in [6.07, 6.45) is -0.401. The first-order chi connectivity index (χ1) is 12.3. The van der Waals surface area contributed by atoms with Crippen molar-refractivity contribution in [3.63, 3.8) is 0 Å². The van der Waals surface area contributed by atoms with Gasteiger partial charge in [0.05, 0.1) is 17.1 Å². The van der Waals surface area contributed by atoms with Gasteiger partial charge < -0.3 is 9.64 Å². The number of hydrogen-bond acceptors (Lipinski definition) is 5. The Kier molecular flexibility index (Phi) is 6.46. The fourth-order valence-corrected chi connectivity index (χ4v) is 3.31. The topological polar surface area (TPSA) is 80.8 Å². The van der Waals surface area contributed by atoms with E-state index in [1.54, 1.807) is 31.3 Å². The van der Waals surface area contributed by atoms with Crippen LogP contribution in [0.3, 0.4) is 0 Å². The highest BCUT2D eigenvalue weighted by atomic mass is 32.2. The number of rotatable bonds is 7. The monoisotopic (exact) mass is 379 g/mol. The summed E-state index contributed by atoms with van der Waals surface area (Å²) in [5.74, 6) is -2.28. The molecule has 26 heavy (non-hydrogen) atoms. The average molecular weight is 379 g/mol. The first-order valence-electron chi connectivity index (χ1n) is 7.75. The van der Waals surface area contributed by atoms with Crippen molar-refractivity contribution < 1.29 is 27.1 Å². The molecule has 0 unspecified atom stereocenters. The number of hydrogen-bond donors (Lipinski definition) is 0. The number of halogens is 1. The average Bonchev–Trinajstić information content (AvgIpc) is 2.65. The zero-order valence-electron chi connectivity index (χ0n) is 14.1. The van der Waals surface area contributed by atoms with Crippen LogP contribution in [0.5, 0.6) is 0 Å². The number of anilines is 1. The number of benzene rings is 2. The molecule has 0 aliphatic heterocycles. The van der Waals surface area contributed by atoms with E-state index in [9.17, 15) is 22.4 Å². The van der Waals surface area contributed by atoms with Crippen LogP contribution in [0, 0.1) is 5.82 Å². The van der Waals surface area contributed by atoms with Crippen LogP contribution in [0.15, 0.2) is 59.5 Å². The molecule has 2 aromatic carbocycles. The molecule has 6 nitrogen and oxygen atoms in total. The number of carbonyl (C=O) groups excluding carboxylic acids is 2. The number of esters is 1. The van der Waals surface area contributed by atoms with E-state index in [1.165, 1.54) is 4.90 Å². The van der Waals surface area contributed by atoms with Crippen molar-refractivity contribution in [3.8, 4) is 0 Å². The highest BCUT2D eigenvalue weighted by Crippen LogP contribution is 2.14. The molecule has 0 N–H and O–H groups in total. The van der Waals surface area contributed by atoms with Gasteiger partial charge in [-0.15, -0.1) is 0 Å². The van der Waals surface area contributed by atoms with Crippen LogP contribution >= 0.6 is 0 Å². The smallest absolute Gasteiger partial charge is 0.307 e. The summed E-state index contributed by atoms with van der Waals surface area (Å²) in [4.78, 5) is 25.0. The maximum absolute atomic E-state index is 12.8. The van der Waals surface area contributed by atoms with Gasteiger partial charge in [-0.2, -0.15) is 0 Å². The van der Waals surface area contributed by atoms with Crippen molar-refractivity contribution in [2.75, 3.05) is 24.3 Å². The zero-order valence-corrected chi connectivity index (χ0v) is 14.9. The Morgan fingerprint density at radius 3 is 2.27 bits per heavy atom.